The van der Waals surface area contributed by atoms with Crippen LogP contribution in [0.15, 0.2) is 4.79 Å². The number of hydrogen-bond acceptors (Lipinski definition) is 5. The summed E-state index contributed by atoms with van der Waals surface area (Å²) in [6.45, 7) is 5.32. The van der Waals surface area contributed by atoms with Crippen molar-refractivity contribution in [3.05, 3.63) is 26.6 Å². The van der Waals surface area contributed by atoms with Gasteiger partial charge in [0.15, 0.2) is 0 Å². The predicted octanol–water partition coefficient (Wildman–Crippen LogP) is 4.13. The Balaban J connectivity index is 1.42. The maximum Gasteiger partial charge on any atom is 0.259 e. The van der Waals surface area contributed by atoms with Gasteiger partial charge in [0.1, 0.15) is 10.7 Å². The van der Waals surface area contributed by atoms with Crippen molar-refractivity contribution in [2.24, 2.45) is 5.92 Å². The highest BCUT2D eigenvalue weighted by atomic mass is 32.2. The van der Waals surface area contributed by atoms with E-state index < -0.39 is 0 Å². The van der Waals surface area contributed by atoms with Gasteiger partial charge in [-0.2, -0.15) is 0 Å². The molecule has 0 radical (unpaired) electrons. The highest BCUT2D eigenvalue weighted by Gasteiger charge is 2.25. The molecule has 28 heavy (non-hydrogen) atoms. The van der Waals surface area contributed by atoms with Gasteiger partial charge in [-0.25, -0.2) is 4.98 Å². The van der Waals surface area contributed by atoms with E-state index in [2.05, 4.69) is 23.7 Å². The number of H-pyrrole nitrogens is 1. The van der Waals surface area contributed by atoms with Gasteiger partial charge in [-0.1, -0.05) is 13.8 Å². The van der Waals surface area contributed by atoms with Crippen molar-refractivity contribution < 1.29 is 4.79 Å². The van der Waals surface area contributed by atoms with Crippen LogP contribution in [-0.2, 0) is 23.4 Å². The fourth-order valence-corrected chi connectivity index (χ4v) is 6.71. The number of carbonyl (C=O) groups is 1. The van der Waals surface area contributed by atoms with Crippen LogP contribution in [0.5, 0.6) is 0 Å². The first-order valence-corrected chi connectivity index (χ1v) is 12.4. The van der Waals surface area contributed by atoms with Crippen molar-refractivity contribution in [3.63, 3.8) is 0 Å². The molecule has 0 spiro atoms. The Hall–Kier alpha value is -1.34. The van der Waals surface area contributed by atoms with Crippen molar-refractivity contribution in [1.29, 1.82) is 0 Å². The number of piperidine rings is 1. The van der Waals surface area contributed by atoms with E-state index in [1.807, 2.05) is 0 Å². The van der Waals surface area contributed by atoms with Gasteiger partial charge < -0.3 is 9.88 Å². The van der Waals surface area contributed by atoms with Gasteiger partial charge in [0.25, 0.3) is 5.56 Å². The fourth-order valence-electron chi connectivity index (χ4n) is 4.53. The number of thiophene rings is 1. The highest BCUT2D eigenvalue weighted by Crippen LogP contribution is 2.35. The second-order valence-corrected chi connectivity index (χ2v) is 10.3. The third-order valence-corrected chi connectivity index (χ3v) is 8.17. The summed E-state index contributed by atoms with van der Waals surface area (Å²) in [7, 11) is 0. The van der Waals surface area contributed by atoms with Gasteiger partial charge in [-0.15, -0.1) is 23.1 Å². The van der Waals surface area contributed by atoms with Crippen LogP contribution in [0.1, 0.15) is 62.2 Å². The lowest BCUT2D eigenvalue weighted by atomic mass is 9.89. The van der Waals surface area contributed by atoms with E-state index >= 15 is 0 Å². The number of rotatable bonds is 5. The molecule has 2 aliphatic rings. The van der Waals surface area contributed by atoms with E-state index in [0.29, 0.717) is 29.3 Å². The Labute approximate surface area is 174 Å². The molecule has 0 bridgehead atoms. The number of carbonyl (C=O) groups excluding carboxylic acids is 1. The number of aromatic nitrogens is 2. The lowest BCUT2D eigenvalue weighted by Gasteiger charge is -2.35. The summed E-state index contributed by atoms with van der Waals surface area (Å²) in [6.07, 6.45) is 7.68. The molecular weight excluding hydrogens is 390 g/mol. The second-order valence-electron chi connectivity index (χ2n) is 8.18. The third kappa shape index (κ3) is 4.01. The van der Waals surface area contributed by atoms with Crippen LogP contribution in [0, 0.1) is 5.92 Å². The maximum atomic E-state index is 12.7. The molecule has 0 saturated carbocycles. The average molecular weight is 420 g/mol. The van der Waals surface area contributed by atoms with Crippen LogP contribution in [0.25, 0.3) is 10.2 Å². The van der Waals surface area contributed by atoms with Crippen molar-refractivity contribution in [2.75, 3.05) is 12.3 Å². The molecule has 1 fully saturated rings. The summed E-state index contributed by atoms with van der Waals surface area (Å²) < 4.78 is 0. The van der Waals surface area contributed by atoms with Crippen LogP contribution in [0.2, 0.25) is 0 Å². The van der Waals surface area contributed by atoms with Gasteiger partial charge in [0.2, 0.25) is 5.91 Å². The molecular formula is C21H29N3O2S2. The molecule has 1 aliphatic heterocycles. The van der Waals surface area contributed by atoms with Crippen LogP contribution < -0.4 is 5.56 Å². The largest absolute Gasteiger partial charge is 0.339 e. The molecule has 0 aromatic carbocycles. The standard InChI is InChI=1S/C21H29N3O2S2/c1-3-14-6-4-5-9-24(14)18(25)12-27-11-17-22-20(26)19-15-8-7-13(2)10-16(15)28-21(19)23-17/h13-14H,3-12H2,1-2H3,(H,22,23,26)/t13-,14+/m1/s1. The van der Waals surface area contributed by atoms with Gasteiger partial charge in [-0.3, -0.25) is 9.59 Å². The number of hydrogen-bond donors (Lipinski definition) is 1. The summed E-state index contributed by atoms with van der Waals surface area (Å²) in [4.78, 5) is 37.2. The number of nitrogens with zero attached hydrogens (tertiary/aromatic N) is 2. The lowest BCUT2D eigenvalue weighted by Crippen LogP contribution is -2.44. The Bertz CT molecular complexity index is 920. The van der Waals surface area contributed by atoms with E-state index in [4.69, 9.17) is 4.98 Å². The number of nitrogens with one attached hydrogen (secondary N) is 1. The Kier molecular flexibility index (Phi) is 6.11. The number of thioether (sulfide) groups is 1. The molecule has 4 rings (SSSR count). The third-order valence-electron chi connectivity index (χ3n) is 6.10. The molecule has 2 aromatic rings. The van der Waals surface area contributed by atoms with Gasteiger partial charge in [0.05, 0.1) is 16.9 Å². The molecule has 7 heteroatoms. The number of aromatic amines is 1. The molecule has 1 amide bonds. The quantitative estimate of drug-likeness (QED) is 0.791. The number of aryl methyl sites for hydroxylation is 1. The topological polar surface area (TPSA) is 66.1 Å². The summed E-state index contributed by atoms with van der Waals surface area (Å²) in [5, 5.41) is 0.802. The van der Waals surface area contributed by atoms with Crippen LogP contribution >= 0.6 is 23.1 Å². The zero-order valence-electron chi connectivity index (χ0n) is 16.8. The Morgan fingerprint density at radius 3 is 3.04 bits per heavy atom. The SMILES string of the molecule is CC[C@H]1CCCCN1C(=O)CSCc1nc2sc3c(c2c(=O)[nH]1)CC[C@@H](C)C3. The van der Waals surface area contributed by atoms with Crippen LogP contribution in [-0.4, -0.2) is 39.1 Å². The Morgan fingerprint density at radius 2 is 2.21 bits per heavy atom. The zero-order valence-corrected chi connectivity index (χ0v) is 18.4. The summed E-state index contributed by atoms with van der Waals surface area (Å²) in [5.74, 6) is 2.62. The smallest absolute Gasteiger partial charge is 0.259 e. The van der Waals surface area contributed by atoms with Gasteiger partial charge >= 0.3 is 0 Å². The fraction of sp³-hybridized carbons (Fsp3) is 0.667. The van der Waals surface area contributed by atoms with Gasteiger partial charge in [0, 0.05) is 17.5 Å². The second kappa shape index (κ2) is 8.57. The first-order chi connectivity index (χ1) is 13.6. The molecule has 1 N–H and O–H groups in total. The molecule has 2 aromatic heterocycles. The van der Waals surface area contributed by atoms with Crippen molar-refractivity contribution in [2.45, 2.75) is 70.6 Å². The highest BCUT2D eigenvalue weighted by molar-refractivity contribution is 7.99. The van der Waals surface area contributed by atoms with E-state index in [9.17, 15) is 9.59 Å². The van der Waals surface area contributed by atoms with Gasteiger partial charge in [-0.05, 0) is 56.4 Å². The molecule has 3 heterocycles. The van der Waals surface area contributed by atoms with E-state index in [1.54, 1.807) is 23.1 Å². The minimum absolute atomic E-state index is 0.0129. The summed E-state index contributed by atoms with van der Waals surface area (Å²) in [6, 6.07) is 0.399. The molecule has 0 unspecified atom stereocenters. The summed E-state index contributed by atoms with van der Waals surface area (Å²) >= 11 is 3.24. The van der Waals surface area contributed by atoms with E-state index in [1.165, 1.54) is 16.9 Å². The van der Waals surface area contributed by atoms with E-state index in [0.717, 1.165) is 55.3 Å². The summed E-state index contributed by atoms with van der Waals surface area (Å²) in [5.41, 5.74) is 1.21. The first-order valence-electron chi connectivity index (χ1n) is 10.5. The minimum Gasteiger partial charge on any atom is -0.339 e. The minimum atomic E-state index is -0.0129. The monoisotopic (exact) mass is 419 g/mol. The average Bonchev–Trinajstić information content (AvgIpc) is 3.05. The first kappa shape index (κ1) is 20.0. The van der Waals surface area contributed by atoms with E-state index in [-0.39, 0.29) is 11.5 Å². The van der Waals surface area contributed by atoms with Crippen LogP contribution in [0.4, 0.5) is 0 Å². The molecule has 1 saturated heterocycles. The van der Waals surface area contributed by atoms with Crippen molar-refractivity contribution >= 4 is 39.2 Å². The Morgan fingerprint density at radius 1 is 1.36 bits per heavy atom. The predicted molar refractivity (Wildman–Crippen MR) is 117 cm³/mol. The normalized spacial score (nSPS) is 22.4. The molecule has 1 aliphatic carbocycles. The van der Waals surface area contributed by atoms with Crippen LogP contribution in [0.3, 0.4) is 0 Å². The molecule has 152 valence electrons. The lowest BCUT2D eigenvalue weighted by molar-refractivity contribution is -0.132. The van der Waals surface area contributed by atoms with Crippen molar-refractivity contribution in [1.82, 2.24) is 14.9 Å². The van der Waals surface area contributed by atoms with Crippen molar-refractivity contribution in [3.8, 4) is 0 Å². The number of fused-ring (bicyclic) bond motifs is 3. The number of amides is 1. The molecule has 2 atom stereocenters. The molecule has 5 nitrogen and oxygen atoms in total. The number of likely N-dealkylation sites (tertiary alicyclic amines) is 1. The zero-order chi connectivity index (χ0) is 19.7. The maximum absolute atomic E-state index is 12.7.